The molecule has 1 heterocycles. The molecule has 3 heteroatoms. The third-order valence-corrected chi connectivity index (χ3v) is 4.16. The van der Waals surface area contributed by atoms with Crippen LogP contribution in [-0.2, 0) is 13.0 Å². The molecule has 2 N–H and O–H groups in total. The van der Waals surface area contributed by atoms with Gasteiger partial charge in [-0.3, -0.25) is 0 Å². The Morgan fingerprint density at radius 3 is 2.14 bits per heavy atom. The Labute approximate surface area is 131 Å². The lowest BCUT2D eigenvalue weighted by Gasteiger charge is -2.07. The highest BCUT2D eigenvalue weighted by Gasteiger charge is 2.01. The molecule has 0 aliphatic heterocycles. The lowest BCUT2D eigenvalue weighted by atomic mass is 10.1. The van der Waals surface area contributed by atoms with Crippen molar-refractivity contribution in [1.82, 2.24) is 9.55 Å². The molecule has 0 bridgehead atoms. The van der Waals surface area contributed by atoms with Gasteiger partial charge in [-0.2, -0.15) is 0 Å². The summed E-state index contributed by atoms with van der Waals surface area (Å²) in [5.41, 5.74) is 5.56. The Balaban J connectivity index is 1.95. The second kappa shape index (κ2) is 12.9. The van der Waals surface area contributed by atoms with Crippen LogP contribution in [0.2, 0.25) is 0 Å². The van der Waals surface area contributed by atoms with E-state index in [1.807, 2.05) is 6.20 Å². The summed E-state index contributed by atoms with van der Waals surface area (Å²) in [6.45, 7) is 4.16. The molecule has 0 aliphatic rings. The monoisotopic (exact) mass is 293 g/mol. The summed E-state index contributed by atoms with van der Waals surface area (Å²) in [5.74, 6) is 1.20. The van der Waals surface area contributed by atoms with Gasteiger partial charge in [-0.1, -0.05) is 64.7 Å². The molecule has 122 valence electrons. The SMILES string of the molecule is CCCCCCCCCCCCn1ccnc1CCCN. The zero-order chi connectivity index (χ0) is 15.2. The number of unbranched alkanes of at least 4 members (excludes halogenated alkanes) is 9. The maximum Gasteiger partial charge on any atom is 0.108 e. The fourth-order valence-electron chi connectivity index (χ4n) is 2.80. The van der Waals surface area contributed by atoms with Crippen molar-refractivity contribution in [2.45, 2.75) is 90.5 Å². The van der Waals surface area contributed by atoms with Crippen molar-refractivity contribution >= 4 is 0 Å². The van der Waals surface area contributed by atoms with Gasteiger partial charge in [0.2, 0.25) is 0 Å². The quantitative estimate of drug-likeness (QED) is 0.505. The zero-order valence-corrected chi connectivity index (χ0v) is 14.0. The number of aromatic nitrogens is 2. The van der Waals surface area contributed by atoms with E-state index in [0.29, 0.717) is 0 Å². The fourth-order valence-corrected chi connectivity index (χ4v) is 2.80. The summed E-state index contributed by atoms with van der Waals surface area (Å²) in [6.07, 6.45) is 20.0. The Morgan fingerprint density at radius 2 is 1.52 bits per heavy atom. The van der Waals surface area contributed by atoms with Crippen molar-refractivity contribution in [2.75, 3.05) is 6.54 Å². The maximum absolute atomic E-state index is 5.56. The molecule has 0 spiro atoms. The molecule has 0 radical (unpaired) electrons. The molecule has 0 aromatic carbocycles. The third-order valence-electron chi connectivity index (χ3n) is 4.16. The standard InChI is InChI=1S/C18H35N3/c1-2-3-4-5-6-7-8-9-10-11-16-21-17-15-20-18(21)13-12-14-19/h15,17H,2-14,16,19H2,1H3. The van der Waals surface area contributed by atoms with E-state index < -0.39 is 0 Å². The van der Waals surface area contributed by atoms with Crippen LogP contribution >= 0.6 is 0 Å². The van der Waals surface area contributed by atoms with E-state index in [9.17, 15) is 0 Å². The smallest absolute Gasteiger partial charge is 0.108 e. The van der Waals surface area contributed by atoms with Crippen molar-refractivity contribution in [3.63, 3.8) is 0 Å². The fraction of sp³-hybridized carbons (Fsp3) is 0.833. The van der Waals surface area contributed by atoms with Gasteiger partial charge < -0.3 is 10.3 Å². The average Bonchev–Trinajstić information content (AvgIpc) is 2.94. The summed E-state index contributed by atoms with van der Waals surface area (Å²) in [7, 11) is 0. The molecule has 0 unspecified atom stereocenters. The van der Waals surface area contributed by atoms with E-state index in [2.05, 4.69) is 22.7 Å². The maximum atomic E-state index is 5.56. The van der Waals surface area contributed by atoms with Crippen LogP contribution in [0, 0.1) is 0 Å². The van der Waals surface area contributed by atoms with Crippen LogP contribution in [-0.4, -0.2) is 16.1 Å². The molecule has 0 amide bonds. The zero-order valence-electron chi connectivity index (χ0n) is 14.0. The molecule has 0 saturated carbocycles. The molecule has 0 fully saturated rings. The van der Waals surface area contributed by atoms with Gasteiger partial charge in [0.05, 0.1) is 0 Å². The van der Waals surface area contributed by atoms with E-state index in [0.717, 1.165) is 25.9 Å². The number of nitrogens with zero attached hydrogens (tertiary/aromatic N) is 2. The molecule has 0 saturated heterocycles. The summed E-state index contributed by atoms with van der Waals surface area (Å²) in [6, 6.07) is 0. The summed E-state index contributed by atoms with van der Waals surface area (Å²) in [5, 5.41) is 0. The van der Waals surface area contributed by atoms with Crippen LogP contribution in [0.25, 0.3) is 0 Å². The Hall–Kier alpha value is -0.830. The van der Waals surface area contributed by atoms with Crippen LogP contribution in [0.3, 0.4) is 0 Å². The minimum Gasteiger partial charge on any atom is -0.335 e. The highest BCUT2D eigenvalue weighted by Crippen LogP contribution is 2.11. The molecule has 21 heavy (non-hydrogen) atoms. The Morgan fingerprint density at radius 1 is 0.905 bits per heavy atom. The van der Waals surface area contributed by atoms with Gasteiger partial charge in [-0.15, -0.1) is 0 Å². The van der Waals surface area contributed by atoms with E-state index in [-0.39, 0.29) is 0 Å². The summed E-state index contributed by atoms with van der Waals surface area (Å²) < 4.78 is 2.31. The number of aryl methyl sites for hydroxylation is 2. The van der Waals surface area contributed by atoms with Crippen LogP contribution in [0.15, 0.2) is 12.4 Å². The summed E-state index contributed by atoms with van der Waals surface area (Å²) >= 11 is 0. The van der Waals surface area contributed by atoms with Gasteiger partial charge in [0.25, 0.3) is 0 Å². The van der Waals surface area contributed by atoms with Crippen LogP contribution in [0.1, 0.15) is 83.4 Å². The van der Waals surface area contributed by atoms with Gasteiger partial charge in [0.15, 0.2) is 0 Å². The highest BCUT2D eigenvalue weighted by atomic mass is 15.1. The van der Waals surface area contributed by atoms with E-state index in [1.165, 1.54) is 70.0 Å². The molecule has 3 nitrogen and oxygen atoms in total. The number of nitrogens with two attached hydrogens (primary N) is 1. The average molecular weight is 293 g/mol. The van der Waals surface area contributed by atoms with Gasteiger partial charge in [0, 0.05) is 25.4 Å². The molecule has 0 aliphatic carbocycles. The van der Waals surface area contributed by atoms with Crippen LogP contribution in [0.4, 0.5) is 0 Å². The second-order valence-corrected chi connectivity index (χ2v) is 6.11. The molecular formula is C18H35N3. The Kier molecular flexibility index (Phi) is 11.2. The first-order chi connectivity index (χ1) is 10.4. The third kappa shape index (κ3) is 8.92. The van der Waals surface area contributed by atoms with Crippen LogP contribution < -0.4 is 5.73 Å². The largest absolute Gasteiger partial charge is 0.335 e. The topological polar surface area (TPSA) is 43.8 Å². The molecule has 1 aromatic heterocycles. The second-order valence-electron chi connectivity index (χ2n) is 6.11. The van der Waals surface area contributed by atoms with Gasteiger partial charge in [-0.05, 0) is 19.4 Å². The highest BCUT2D eigenvalue weighted by molar-refractivity contribution is 4.92. The predicted octanol–water partition coefficient (Wildman–Crippen LogP) is 4.70. The lowest BCUT2D eigenvalue weighted by Crippen LogP contribution is -2.07. The van der Waals surface area contributed by atoms with E-state index in [4.69, 9.17) is 5.73 Å². The number of rotatable bonds is 14. The van der Waals surface area contributed by atoms with Crippen molar-refractivity contribution < 1.29 is 0 Å². The van der Waals surface area contributed by atoms with E-state index >= 15 is 0 Å². The molecular weight excluding hydrogens is 258 g/mol. The van der Waals surface area contributed by atoms with Gasteiger partial charge >= 0.3 is 0 Å². The lowest BCUT2D eigenvalue weighted by molar-refractivity contribution is 0.526. The minimum atomic E-state index is 0.755. The van der Waals surface area contributed by atoms with Crippen molar-refractivity contribution in [1.29, 1.82) is 0 Å². The summed E-state index contributed by atoms with van der Waals surface area (Å²) in [4.78, 5) is 4.42. The first-order valence-electron chi connectivity index (χ1n) is 9.08. The molecule has 1 aromatic rings. The normalized spacial score (nSPS) is 11.1. The number of hydrogen-bond acceptors (Lipinski definition) is 2. The van der Waals surface area contributed by atoms with Gasteiger partial charge in [0.1, 0.15) is 5.82 Å². The first-order valence-corrected chi connectivity index (χ1v) is 9.08. The Bertz CT molecular complexity index is 333. The van der Waals surface area contributed by atoms with Crippen molar-refractivity contribution in [3.8, 4) is 0 Å². The van der Waals surface area contributed by atoms with Crippen molar-refractivity contribution in [3.05, 3.63) is 18.2 Å². The number of hydrogen-bond donors (Lipinski definition) is 1. The van der Waals surface area contributed by atoms with Gasteiger partial charge in [-0.25, -0.2) is 4.98 Å². The van der Waals surface area contributed by atoms with Crippen molar-refractivity contribution in [2.24, 2.45) is 5.73 Å². The molecule has 0 atom stereocenters. The first kappa shape index (κ1) is 18.2. The van der Waals surface area contributed by atoms with E-state index in [1.54, 1.807) is 0 Å². The molecule has 1 rings (SSSR count). The number of imidazole rings is 1. The predicted molar refractivity (Wildman–Crippen MR) is 91.4 cm³/mol. The van der Waals surface area contributed by atoms with Crippen LogP contribution in [0.5, 0.6) is 0 Å². The minimum absolute atomic E-state index is 0.755.